The number of carbonyl (C=O) groups is 2. The number of amides is 2. The van der Waals surface area contributed by atoms with Crippen molar-refractivity contribution in [3.05, 3.63) is 34.2 Å². The zero-order valence-electron chi connectivity index (χ0n) is 10.3. The minimum Gasteiger partial charge on any atom is -0.352 e. The molecule has 6 heteroatoms. The van der Waals surface area contributed by atoms with Crippen LogP contribution in [-0.2, 0) is 4.79 Å². The number of hydrogen-bond acceptors (Lipinski definition) is 3. The van der Waals surface area contributed by atoms with Gasteiger partial charge in [-0.15, -0.1) is 0 Å². The Bertz CT molecular complexity index is 547. The van der Waals surface area contributed by atoms with E-state index in [0.29, 0.717) is 13.1 Å². The van der Waals surface area contributed by atoms with E-state index in [9.17, 15) is 14.4 Å². The molecule has 96 valence electrons. The third-order valence-electron chi connectivity index (χ3n) is 3.15. The Kier molecular flexibility index (Phi) is 2.94. The second kappa shape index (κ2) is 4.29. The van der Waals surface area contributed by atoms with Crippen molar-refractivity contribution in [2.45, 2.75) is 19.4 Å². The Labute approximate surface area is 104 Å². The van der Waals surface area contributed by atoms with Crippen LogP contribution < -0.4 is 10.9 Å². The van der Waals surface area contributed by atoms with E-state index in [0.717, 1.165) is 0 Å². The van der Waals surface area contributed by atoms with Crippen LogP contribution in [0.1, 0.15) is 24.2 Å². The number of hydrogen-bond donors (Lipinski definition) is 2. The molecule has 0 unspecified atom stereocenters. The van der Waals surface area contributed by atoms with Crippen molar-refractivity contribution in [2.24, 2.45) is 0 Å². The summed E-state index contributed by atoms with van der Waals surface area (Å²) in [5.74, 6) is -0.633. The van der Waals surface area contributed by atoms with E-state index in [-0.39, 0.29) is 11.5 Å². The summed E-state index contributed by atoms with van der Waals surface area (Å²) in [4.78, 5) is 39.5. The van der Waals surface area contributed by atoms with Gasteiger partial charge < -0.3 is 15.2 Å². The summed E-state index contributed by atoms with van der Waals surface area (Å²) in [7, 11) is 0. The van der Waals surface area contributed by atoms with Crippen molar-refractivity contribution >= 4 is 11.8 Å². The van der Waals surface area contributed by atoms with Crippen molar-refractivity contribution in [3.8, 4) is 0 Å². The summed E-state index contributed by atoms with van der Waals surface area (Å²) in [6, 6.07) is 3.05. The molecule has 2 N–H and O–H groups in total. The molecule has 18 heavy (non-hydrogen) atoms. The summed E-state index contributed by atoms with van der Waals surface area (Å²) in [5, 5.41) is 2.70. The number of nitrogens with one attached hydrogen (secondary N) is 2. The largest absolute Gasteiger partial charge is 0.352 e. The number of aromatic amines is 1. The summed E-state index contributed by atoms with van der Waals surface area (Å²) < 4.78 is 0. The maximum absolute atomic E-state index is 12.3. The standard InChI is InChI=1S/C12H15N3O3/c1-12(2)11(18)14-6-7-15(12)10(17)8-4-3-5-13-9(8)16/h3-5H,6-7H2,1-2H3,(H,13,16)(H,14,18). The number of rotatable bonds is 1. The second-order valence-electron chi connectivity index (χ2n) is 4.68. The van der Waals surface area contributed by atoms with Gasteiger partial charge in [0.1, 0.15) is 11.1 Å². The molecule has 2 heterocycles. The summed E-state index contributed by atoms with van der Waals surface area (Å²) >= 11 is 0. The smallest absolute Gasteiger partial charge is 0.260 e. The molecule has 0 spiro atoms. The van der Waals surface area contributed by atoms with Gasteiger partial charge >= 0.3 is 0 Å². The third-order valence-corrected chi connectivity index (χ3v) is 3.15. The van der Waals surface area contributed by atoms with Gasteiger partial charge in [0.25, 0.3) is 11.5 Å². The van der Waals surface area contributed by atoms with Gasteiger partial charge in [-0.3, -0.25) is 14.4 Å². The fourth-order valence-electron chi connectivity index (χ4n) is 1.99. The fraction of sp³-hybridized carbons (Fsp3) is 0.417. The highest BCUT2D eigenvalue weighted by Gasteiger charge is 2.41. The first kappa shape index (κ1) is 12.3. The molecule has 1 aliphatic heterocycles. The number of piperazine rings is 1. The molecular weight excluding hydrogens is 234 g/mol. The van der Waals surface area contributed by atoms with E-state index < -0.39 is 17.0 Å². The molecule has 0 saturated carbocycles. The summed E-state index contributed by atoms with van der Waals surface area (Å²) in [6.07, 6.45) is 1.47. The molecule has 1 saturated heterocycles. The predicted octanol–water partition coefficient (Wildman–Crippen LogP) is -0.275. The molecule has 0 aromatic carbocycles. The Morgan fingerprint density at radius 2 is 2.11 bits per heavy atom. The van der Waals surface area contributed by atoms with E-state index in [1.54, 1.807) is 19.9 Å². The third kappa shape index (κ3) is 1.90. The first-order valence-corrected chi connectivity index (χ1v) is 5.72. The normalized spacial score (nSPS) is 18.3. The topological polar surface area (TPSA) is 82.3 Å². The van der Waals surface area contributed by atoms with E-state index in [4.69, 9.17) is 0 Å². The Balaban J connectivity index is 2.37. The van der Waals surface area contributed by atoms with Crippen molar-refractivity contribution in [1.29, 1.82) is 0 Å². The van der Waals surface area contributed by atoms with Gasteiger partial charge in [0.15, 0.2) is 0 Å². The first-order valence-electron chi connectivity index (χ1n) is 5.72. The van der Waals surface area contributed by atoms with Crippen LogP contribution in [0.3, 0.4) is 0 Å². The highest BCUT2D eigenvalue weighted by Crippen LogP contribution is 2.19. The van der Waals surface area contributed by atoms with Crippen LogP contribution in [0.2, 0.25) is 0 Å². The van der Waals surface area contributed by atoms with E-state index >= 15 is 0 Å². The van der Waals surface area contributed by atoms with Crippen molar-refractivity contribution in [3.63, 3.8) is 0 Å². The quantitative estimate of drug-likeness (QED) is 0.718. The van der Waals surface area contributed by atoms with Crippen LogP contribution in [0.4, 0.5) is 0 Å². The number of H-pyrrole nitrogens is 1. The molecule has 0 atom stereocenters. The summed E-state index contributed by atoms with van der Waals surface area (Å²) in [6.45, 7) is 4.12. The lowest BCUT2D eigenvalue weighted by molar-refractivity contribution is -0.133. The van der Waals surface area contributed by atoms with Crippen LogP contribution in [0, 0.1) is 0 Å². The molecular formula is C12H15N3O3. The van der Waals surface area contributed by atoms with Crippen LogP contribution in [-0.4, -0.2) is 40.3 Å². The van der Waals surface area contributed by atoms with E-state index in [1.807, 2.05) is 0 Å². The molecule has 0 aliphatic carbocycles. The van der Waals surface area contributed by atoms with Crippen LogP contribution in [0.25, 0.3) is 0 Å². The minimum absolute atomic E-state index is 0.0558. The first-order chi connectivity index (χ1) is 8.44. The van der Waals surface area contributed by atoms with E-state index in [2.05, 4.69) is 10.3 Å². The number of pyridine rings is 1. The zero-order valence-corrected chi connectivity index (χ0v) is 10.3. The van der Waals surface area contributed by atoms with E-state index in [1.165, 1.54) is 17.2 Å². The van der Waals surface area contributed by atoms with Gasteiger partial charge in [0.2, 0.25) is 5.91 Å². The van der Waals surface area contributed by atoms with Gasteiger partial charge in [-0.2, -0.15) is 0 Å². The molecule has 1 aliphatic rings. The lowest BCUT2D eigenvalue weighted by atomic mass is 9.98. The minimum atomic E-state index is -0.947. The molecule has 2 rings (SSSR count). The van der Waals surface area contributed by atoms with Gasteiger partial charge in [-0.1, -0.05) is 0 Å². The van der Waals surface area contributed by atoms with Gasteiger partial charge in [-0.05, 0) is 26.0 Å². The van der Waals surface area contributed by atoms with Crippen LogP contribution in [0.5, 0.6) is 0 Å². The molecule has 6 nitrogen and oxygen atoms in total. The predicted molar refractivity (Wildman–Crippen MR) is 65.2 cm³/mol. The molecule has 0 radical (unpaired) electrons. The highest BCUT2D eigenvalue weighted by atomic mass is 16.2. The molecule has 1 aromatic rings. The average Bonchev–Trinajstić information content (AvgIpc) is 2.32. The SMILES string of the molecule is CC1(C)C(=O)NCCN1C(=O)c1ccc[nH]c1=O. The molecule has 2 amide bonds. The van der Waals surface area contributed by atoms with Crippen LogP contribution in [0.15, 0.2) is 23.1 Å². The maximum Gasteiger partial charge on any atom is 0.260 e. The van der Waals surface area contributed by atoms with Crippen molar-refractivity contribution in [1.82, 2.24) is 15.2 Å². The molecule has 1 aromatic heterocycles. The van der Waals surface area contributed by atoms with Crippen molar-refractivity contribution in [2.75, 3.05) is 13.1 Å². The highest BCUT2D eigenvalue weighted by molar-refractivity contribution is 5.99. The Hall–Kier alpha value is -2.11. The van der Waals surface area contributed by atoms with Crippen molar-refractivity contribution < 1.29 is 9.59 Å². The summed E-state index contributed by atoms with van der Waals surface area (Å²) in [5.41, 5.74) is -1.33. The second-order valence-corrected chi connectivity index (χ2v) is 4.68. The van der Waals surface area contributed by atoms with Crippen LogP contribution >= 0.6 is 0 Å². The zero-order chi connectivity index (χ0) is 13.3. The molecule has 1 fully saturated rings. The number of aromatic nitrogens is 1. The number of carbonyl (C=O) groups excluding carboxylic acids is 2. The fourth-order valence-corrected chi connectivity index (χ4v) is 1.99. The average molecular weight is 249 g/mol. The lowest BCUT2D eigenvalue weighted by Crippen LogP contribution is -2.63. The Morgan fingerprint density at radius 1 is 1.39 bits per heavy atom. The molecule has 0 bridgehead atoms. The maximum atomic E-state index is 12.3. The van der Waals surface area contributed by atoms with Gasteiger partial charge in [-0.25, -0.2) is 0 Å². The number of nitrogens with zero attached hydrogens (tertiary/aromatic N) is 1. The van der Waals surface area contributed by atoms with Gasteiger partial charge in [0.05, 0.1) is 0 Å². The van der Waals surface area contributed by atoms with Gasteiger partial charge in [0, 0.05) is 19.3 Å². The monoisotopic (exact) mass is 249 g/mol. The lowest BCUT2D eigenvalue weighted by Gasteiger charge is -2.41. The Morgan fingerprint density at radius 3 is 2.78 bits per heavy atom.